The van der Waals surface area contributed by atoms with Crippen molar-refractivity contribution < 1.29 is 27.1 Å². The van der Waals surface area contributed by atoms with Crippen LogP contribution in [0.25, 0.3) is 0 Å². The van der Waals surface area contributed by atoms with E-state index in [4.69, 9.17) is 4.74 Å². The fraction of sp³-hybridized carbons (Fsp3) is 0.0909. The smallest absolute Gasteiger partial charge is 0.340 e. The van der Waals surface area contributed by atoms with Crippen LogP contribution in [0.4, 0.5) is 15.8 Å². The summed E-state index contributed by atoms with van der Waals surface area (Å²) in [5, 5.41) is 2.39. The normalized spacial score (nSPS) is 10.9. The Morgan fingerprint density at radius 3 is 2.35 bits per heavy atom. The van der Waals surface area contributed by atoms with E-state index in [-0.39, 0.29) is 16.1 Å². The van der Waals surface area contributed by atoms with Crippen LogP contribution in [0.1, 0.15) is 10.4 Å². The molecule has 0 aliphatic heterocycles. The molecule has 1 N–H and O–H groups in total. The lowest BCUT2D eigenvalue weighted by atomic mass is 10.2. The van der Waals surface area contributed by atoms with Crippen LogP contribution >= 0.6 is 0 Å². The van der Waals surface area contributed by atoms with Gasteiger partial charge in [0, 0.05) is 12.7 Å². The van der Waals surface area contributed by atoms with Crippen LogP contribution in [-0.2, 0) is 19.6 Å². The summed E-state index contributed by atoms with van der Waals surface area (Å²) in [6.45, 7) is -0.668. The molecule has 0 aliphatic rings. The predicted molar refractivity (Wildman–Crippen MR) is 114 cm³/mol. The molecule has 9 heteroatoms. The van der Waals surface area contributed by atoms with E-state index in [0.29, 0.717) is 5.69 Å². The van der Waals surface area contributed by atoms with Gasteiger partial charge >= 0.3 is 5.97 Å². The zero-order valence-electron chi connectivity index (χ0n) is 16.5. The zero-order chi connectivity index (χ0) is 22.4. The molecule has 3 rings (SSSR count). The molecule has 0 radical (unpaired) electrons. The molecule has 0 heterocycles. The molecule has 160 valence electrons. The van der Waals surface area contributed by atoms with Crippen molar-refractivity contribution in [3.63, 3.8) is 0 Å². The second-order valence-electron chi connectivity index (χ2n) is 6.44. The van der Waals surface area contributed by atoms with Gasteiger partial charge in [0.05, 0.1) is 11.3 Å². The van der Waals surface area contributed by atoms with E-state index in [1.165, 1.54) is 49.5 Å². The monoisotopic (exact) mass is 442 g/mol. The van der Waals surface area contributed by atoms with Crippen LogP contribution < -0.4 is 9.62 Å². The summed E-state index contributed by atoms with van der Waals surface area (Å²) < 4.78 is 45.4. The number of hydrogen-bond donors (Lipinski definition) is 1. The lowest BCUT2D eigenvalue weighted by molar-refractivity contribution is -0.119. The largest absolute Gasteiger partial charge is 0.452 e. The molecule has 0 saturated carbocycles. The highest BCUT2D eigenvalue weighted by molar-refractivity contribution is 7.92. The first kappa shape index (κ1) is 22.0. The first-order chi connectivity index (χ1) is 14.8. The van der Waals surface area contributed by atoms with Gasteiger partial charge in [-0.25, -0.2) is 17.6 Å². The third kappa shape index (κ3) is 5.26. The average molecular weight is 442 g/mol. The van der Waals surface area contributed by atoms with E-state index in [2.05, 4.69) is 5.32 Å². The van der Waals surface area contributed by atoms with Gasteiger partial charge in [-0.15, -0.1) is 0 Å². The quantitative estimate of drug-likeness (QED) is 0.566. The minimum atomic E-state index is -4.07. The van der Waals surface area contributed by atoms with Gasteiger partial charge in [-0.1, -0.05) is 36.4 Å². The molecule has 0 bridgehead atoms. The fourth-order valence-electron chi connectivity index (χ4n) is 2.76. The Bertz CT molecular complexity index is 1200. The van der Waals surface area contributed by atoms with Gasteiger partial charge in [-0.2, -0.15) is 0 Å². The summed E-state index contributed by atoms with van der Waals surface area (Å²) in [7, 11) is -2.70. The van der Waals surface area contributed by atoms with Crippen molar-refractivity contribution in [2.24, 2.45) is 0 Å². The molecular formula is C22H19FN2O5S. The molecule has 1 amide bonds. The Morgan fingerprint density at radius 1 is 0.968 bits per heavy atom. The number of nitrogens with zero attached hydrogens (tertiary/aromatic N) is 1. The number of ether oxygens (including phenoxy) is 1. The van der Waals surface area contributed by atoms with Crippen molar-refractivity contribution in [3.8, 4) is 0 Å². The molecule has 3 aromatic rings. The zero-order valence-corrected chi connectivity index (χ0v) is 17.3. The number of benzene rings is 3. The maximum Gasteiger partial charge on any atom is 0.340 e. The molecule has 31 heavy (non-hydrogen) atoms. The Hall–Kier alpha value is -3.72. The van der Waals surface area contributed by atoms with Crippen LogP contribution in [0.2, 0.25) is 0 Å². The van der Waals surface area contributed by atoms with Crippen molar-refractivity contribution in [1.29, 1.82) is 0 Å². The van der Waals surface area contributed by atoms with Crippen LogP contribution in [0.3, 0.4) is 0 Å². The molecule has 0 unspecified atom stereocenters. The average Bonchev–Trinajstić information content (AvgIpc) is 2.77. The highest BCUT2D eigenvalue weighted by Gasteiger charge is 2.27. The summed E-state index contributed by atoms with van der Waals surface area (Å²) in [4.78, 5) is 24.3. The minimum absolute atomic E-state index is 0.202. The summed E-state index contributed by atoms with van der Waals surface area (Å²) in [5.74, 6) is -2.20. The number of carbonyl (C=O) groups is 2. The fourth-order valence-corrected chi connectivity index (χ4v) is 4.13. The van der Waals surface area contributed by atoms with Crippen molar-refractivity contribution in [2.75, 3.05) is 23.3 Å². The van der Waals surface area contributed by atoms with E-state index in [1.807, 2.05) is 0 Å². The molecular weight excluding hydrogens is 423 g/mol. The number of carbonyl (C=O) groups excluding carboxylic acids is 2. The molecule has 0 aliphatic carbocycles. The second-order valence-corrected chi connectivity index (χ2v) is 8.38. The van der Waals surface area contributed by atoms with Crippen LogP contribution in [0.15, 0.2) is 83.8 Å². The molecule has 0 spiro atoms. The number of rotatable bonds is 7. The first-order valence-electron chi connectivity index (χ1n) is 9.14. The van der Waals surface area contributed by atoms with E-state index < -0.39 is 34.3 Å². The maximum absolute atomic E-state index is 13.2. The Morgan fingerprint density at radius 2 is 1.65 bits per heavy atom. The van der Waals surface area contributed by atoms with Gasteiger partial charge < -0.3 is 10.1 Å². The number of hydrogen-bond acceptors (Lipinski definition) is 5. The van der Waals surface area contributed by atoms with E-state index >= 15 is 0 Å². The summed E-state index contributed by atoms with van der Waals surface area (Å²) >= 11 is 0. The lowest BCUT2D eigenvalue weighted by Crippen LogP contribution is -2.28. The molecule has 0 fully saturated rings. The molecule has 3 aromatic carbocycles. The number of amides is 1. The maximum atomic E-state index is 13.2. The third-order valence-electron chi connectivity index (χ3n) is 4.31. The first-order valence-corrected chi connectivity index (χ1v) is 10.6. The Balaban J connectivity index is 1.75. The number of halogens is 1. The van der Waals surface area contributed by atoms with Gasteiger partial charge in [0.15, 0.2) is 6.61 Å². The number of sulfonamides is 1. The Labute approximate surface area is 179 Å². The highest BCUT2D eigenvalue weighted by atomic mass is 32.2. The van der Waals surface area contributed by atoms with Crippen LogP contribution in [0, 0.1) is 5.82 Å². The summed E-state index contributed by atoms with van der Waals surface area (Å²) in [5.41, 5.74) is 0.414. The number of anilines is 2. The second kappa shape index (κ2) is 9.40. The molecule has 0 aromatic heterocycles. The van der Waals surface area contributed by atoms with Gasteiger partial charge in [0.1, 0.15) is 10.7 Å². The van der Waals surface area contributed by atoms with E-state index in [1.54, 1.807) is 30.3 Å². The minimum Gasteiger partial charge on any atom is -0.452 e. The molecule has 0 atom stereocenters. The topological polar surface area (TPSA) is 92.8 Å². The van der Waals surface area contributed by atoms with Crippen LogP contribution in [0.5, 0.6) is 0 Å². The predicted octanol–water partition coefficient (Wildman–Crippen LogP) is 3.45. The van der Waals surface area contributed by atoms with Crippen molar-refractivity contribution in [1.82, 2.24) is 0 Å². The highest BCUT2D eigenvalue weighted by Crippen LogP contribution is 2.24. The van der Waals surface area contributed by atoms with Gasteiger partial charge in [-0.3, -0.25) is 9.10 Å². The van der Waals surface area contributed by atoms with Crippen LogP contribution in [-0.4, -0.2) is 33.9 Å². The van der Waals surface area contributed by atoms with Gasteiger partial charge in [0.2, 0.25) is 0 Å². The summed E-state index contributed by atoms with van der Waals surface area (Å²) in [6.07, 6.45) is 0. The standard InChI is InChI=1S/C22H19FN2O5S/c1-25(18-10-3-2-4-11-18)31(28,29)20-13-6-5-12-19(20)22(27)30-15-21(26)24-17-9-7-8-16(23)14-17/h2-14H,15H2,1H3,(H,24,26). The van der Waals surface area contributed by atoms with Crippen molar-refractivity contribution >= 4 is 33.3 Å². The Kier molecular flexibility index (Phi) is 6.66. The number of para-hydroxylation sites is 1. The number of nitrogens with one attached hydrogen (secondary N) is 1. The number of esters is 1. The van der Waals surface area contributed by atoms with E-state index in [9.17, 15) is 22.4 Å². The molecule has 0 saturated heterocycles. The van der Waals surface area contributed by atoms with Crippen molar-refractivity contribution in [2.45, 2.75) is 4.90 Å². The van der Waals surface area contributed by atoms with E-state index in [0.717, 1.165) is 10.4 Å². The SMILES string of the molecule is CN(c1ccccc1)S(=O)(=O)c1ccccc1C(=O)OCC(=O)Nc1cccc(F)c1. The summed E-state index contributed by atoms with van der Waals surface area (Å²) in [6, 6.07) is 19.2. The van der Waals surface area contributed by atoms with Gasteiger partial charge in [0.25, 0.3) is 15.9 Å². The van der Waals surface area contributed by atoms with Crippen molar-refractivity contribution in [3.05, 3.63) is 90.2 Å². The lowest BCUT2D eigenvalue weighted by Gasteiger charge is -2.20. The third-order valence-corrected chi connectivity index (χ3v) is 6.15. The van der Waals surface area contributed by atoms with Gasteiger partial charge in [-0.05, 0) is 42.5 Å². The molecule has 7 nitrogen and oxygen atoms in total.